The van der Waals surface area contributed by atoms with Crippen LogP contribution in [0.4, 0.5) is 5.69 Å². The van der Waals surface area contributed by atoms with E-state index in [0.29, 0.717) is 24.2 Å². The van der Waals surface area contributed by atoms with Crippen molar-refractivity contribution in [1.82, 2.24) is 4.31 Å². The van der Waals surface area contributed by atoms with Crippen molar-refractivity contribution in [3.05, 3.63) is 69.3 Å². The lowest BCUT2D eigenvalue weighted by Gasteiger charge is -2.20. The van der Waals surface area contributed by atoms with Crippen LogP contribution in [0.25, 0.3) is 0 Å². The number of nitro benzene ring substituents is 1. The summed E-state index contributed by atoms with van der Waals surface area (Å²) in [6.07, 6.45) is 0. The van der Waals surface area contributed by atoms with Crippen molar-refractivity contribution in [1.29, 1.82) is 0 Å². The van der Waals surface area contributed by atoms with Crippen molar-refractivity contribution >= 4 is 21.7 Å². The Labute approximate surface area is 163 Å². The minimum Gasteiger partial charge on any atom is -0.457 e. The van der Waals surface area contributed by atoms with Gasteiger partial charge in [-0.1, -0.05) is 19.9 Å². The second-order valence-corrected chi connectivity index (χ2v) is 7.98. The van der Waals surface area contributed by atoms with Gasteiger partial charge in [-0.3, -0.25) is 10.1 Å². The third-order valence-electron chi connectivity index (χ3n) is 4.26. The first kappa shape index (κ1) is 21.5. The number of sulfonamides is 1. The standard InChI is InChI=1S/C19H22N2O6S/c1-4-20(5-2)28(25,26)18-12-16(9-6-14(18)3)19(22)27-13-15-7-10-17(11-8-15)21(23)24/h6-12H,4-5,13H2,1-3H3. The number of non-ortho nitro benzene ring substituents is 1. The molecule has 0 aliphatic rings. The fraction of sp³-hybridized carbons (Fsp3) is 0.316. The number of esters is 1. The maximum atomic E-state index is 12.8. The number of hydrogen-bond donors (Lipinski definition) is 0. The van der Waals surface area contributed by atoms with Gasteiger partial charge in [0.2, 0.25) is 10.0 Å². The quantitative estimate of drug-likeness (QED) is 0.378. The van der Waals surface area contributed by atoms with Crippen molar-refractivity contribution < 1.29 is 22.9 Å². The molecule has 9 heteroatoms. The number of benzene rings is 2. The molecule has 2 aromatic carbocycles. The monoisotopic (exact) mass is 406 g/mol. The summed E-state index contributed by atoms with van der Waals surface area (Å²) >= 11 is 0. The fourth-order valence-corrected chi connectivity index (χ4v) is 4.36. The van der Waals surface area contributed by atoms with E-state index in [1.807, 2.05) is 0 Å². The predicted molar refractivity (Wildman–Crippen MR) is 104 cm³/mol. The summed E-state index contributed by atoms with van der Waals surface area (Å²) in [6.45, 7) is 5.74. The molecule has 0 saturated heterocycles. The molecule has 0 aromatic heterocycles. The molecule has 0 fully saturated rings. The van der Waals surface area contributed by atoms with Gasteiger partial charge in [-0.2, -0.15) is 4.31 Å². The van der Waals surface area contributed by atoms with Crippen LogP contribution in [0.15, 0.2) is 47.4 Å². The summed E-state index contributed by atoms with van der Waals surface area (Å²) in [4.78, 5) is 22.6. The zero-order valence-corrected chi connectivity index (χ0v) is 16.7. The van der Waals surface area contributed by atoms with Crippen molar-refractivity contribution in [3.63, 3.8) is 0 Å². The average molecular weight is 406 g/mol. The summed E-state index contributed by atoms with van der Waals surface area (Å²) < 4.78 is 32.1. The summed E-state index contributed by atoms with van der Waals surface area (Å²) in [5.41, 5.74) is 1.19. The second kappa shape index (κ2) is 8.94. The van der Waals surface area contributed by atoms with Crippen LogP contribution in [0.3, 0.4) is 0 Å². The first-order chi connectivity index (χ1) is 13.2. The molecule has 8 nitrogen and oxygen atoms in total. The van der Waals surface area contributed by atoms with Gasteiger partial charge in [0.15, 0.2) is 0 Å². The number of ether oxygens (including phenoxy) is 1. The van der Waals surface area contributed by atoms with E-state index in [1.54, 1.807) is 26.8 Å². The van der Waals surface area contributed by atoms with E-state index in [-0.39, 0.29) is 22.8 Å². The molecule has 28 heavy (non-hydrogen) atoms. The van der Waals surface area contributed by atoms with Gasteiger partial charge in [-0.25, -0.2) is 13.2 Å². The molecule has 2 aromatic rings. The van der Waals surface area contributed by atoms with Gasteiger partial charge in [0.1, 0.15) is 6.61 Å². The lowest BCUT2D eigenvalue weighted by molar-refractivity contribution is -0.384. The average Bonchev–Trinajstić information content (AvgIpc) is 2.67. The highest BCUT2D eigenvalue weighted by atomic mass is 32.2. The molecule has 0 saturated carbocycles. The van der Waals surface area contributed by atoms with Crippen LogP contribution in [0.1, 0.15) is 35.3 Å². The van der Waals surface area contributed by atoms with E-state index in [1.165, 1.54) is 40.7 Å². The molecule has 0 amide bonds. The van der Waals surface area contributed by atoms with E-state index in [0.717, 1.165) is 0 Å². The number of nitrogens with zero attached hydrogens (tertiary/aromatic N) is 2. The number of nitro groups is 1. The maximum Gasteiger partial charge on any atom is 0.338 e. The van der Waals surface area contributed by atoms with Gasteiger partial charge >= 0.3 is 5.97 Å². The normalized spacial score (nSPS) is 11.4. The van der Waals surface area contributed by atoms with Crippen LogP contribution < -0.4 is 0 Å². The number of hydrogen-bond acceptors (Lipinski definition) is 6. The predicted octanol–water partition coefficient (Wildman–Crippen LogP) is 3.29. The lowest BCUT2D eigenvalue weighted by Crippen LogP contribution is -2.31. The molecule has 0 radical (unpaired) electrons. The van der Waals surface area contributed by atoms with Crippen LogP contribution in [-0.2, 0) is 21.4 Å². The number of aryl methyl sites for hydroxylation is 1. The second-order valence-electron chi connectivity index (χ2n) is 6.07. The highest BCUT2D eigenvalue weighted by Gasteiger charge is 2.25. The summed E-state index contributed by atoms with van der Waals surface area (Å²) in [5, 5.41) is 10.7. The van der Waals surface area contributed by atoms with E-state index < -0.39 is 20.9 Å². The van der Waals surface area contributed by atoms with Crippen LogP contribution >= 0.6 is 0 Å². The lowest BCUT2D eigenvalue weighted by atomic mass is 10.1. The van der Waals surface area contributed by atoms with Crippen molar-refractivity contribution in [2.45, 2.75) is 32.3 Å². The van der Waals surface area contributed by atoms with Gasteiger partial charge in [-0.15, -0.1) is 0 Å². The molecule has 0 atom stereocenters. The van der Waals surface area contributed by atoms with Crippen molar-refractivity contribution in [2.24, 2.45) is 0 Å². The summed E-state index contributed by atoms with van der Waals surface area (Å²) in [7, 11) is -3.71. The van der Waals surface area contributed by atoms with Gasteiger partial charge in [0.25, 0.3) is 5.69 Å². The number of carbonyl (C=O) groups excluding carboxylic acids is 1. The Morgan fingerprint density at radius 1 is 1.11 bits per heavy atom. The highest BCUT2D eigenvalue weighted by molar-refractivity contribution is 7.89. The molecule has 0 aliphatic heterocycles. The summed E-state index contributed by atoms with van der Waals surface area (Å²) in [5.74, 6) is -0.672. The topological polar surface area (TPSA) is 107 Å². The van der Waals surface area contributed by atoms with Gasteiger partial charge in [-0.05, 0) is 42.3 Å². The van der Waals surface area contributed by atoms with Crippen molar-refractivity contribution in [2.75, 3.05) is 13.1 Å². The van der Waals surface area contributed by atoms with Crippen LogP contribution in [0.5, 0.6) is 0 Å². The third kappa shape index (κ3) is 4.73. The molecule has 0 N–H and O–H groups in total. The Balaban J connectivity index is 2.19. The first-order valence-corrected chi connectivity index (χ1v) is 10.2. The largest absolute Gasteiger partial charge is 0.457 e. The Morgan fingerprint density at radius 3 is 2.25 bits per heavy atom. The molecule has 0 spiro atoms. The van der Waals surface area contributed by atoms with Crippen LogP contribution in [-0.4, -0.2) is 36.7 Å². The van der Waals surface area contributed by atoms with E-state index in [2.05, 4.69) is 0 Å². The maximum absolute atomic E-state index is 12.8. The molecule has 150 valence electrons. The highest BCUT2D eigenvalue weighted by Crippen LogP contribution is 2.22. The molecule has 0 heterocycles. The van der Waals surface area contributed by atoms with Gasteiger partial charge in [0.05, 0.1) is 15.4 Å². The Hall–Kier alpha value is -2.78. The van der Waals surface area contributed by atoms with Gasteiger partial charge < -0.3 is 4.74 Å². The number of carbonyl (C=O) groups is 1. The minimum atomic E-state index is -3.71. The van der Waals surface area contributed by atoms with Crippen molar-refractivity contribution in [3.8, 4) is 0 Å². The molecule has 0 unspecified atom stereocenters. The SMILES string of the molecule is CCN(CC)S(=O)(=O)c1cc(C(=O)OCc2ccc([N+](=O)[O-])cc2)ccc1C. The van der Waals surface area contributed by atoms with E-state index in [4.69, 9.17) is 4.74 Å². The van der Waals surface area contributed by atoms with Crippen LogP contribution in [0.2, 0.25) is 0 Å². The molecule has 0 aliphatic carbocycles. The van der Waals surface area contributed by atoms with Gasteiger partial charge in [0, 0.05) is 25.2 Å². The summed E-state index contributed by atoms with van der Waals surface area (Å²) in [6, 6.07) is 10.0. The molecule has 0 bridgehead atoms. The number of rotatable bonds is 8. The fourth-order valence-electron chi connectivity index (χ4n) is 2.65. The first-order valence-electron chi connectivity index (χ1n) is 8.72. The Bertz CT molecular complexity index is 966. The smallest absolute Gasteiger partial charge is 0.338 e. The zero-order chi connectivity index (χ0) is 20.9. The Kier molecular flexibility index (Phi) is 6.87. The Morgan fingerprint density at radius 2 is 1.71 bits per heavy atom. The molecular formula is C19H22N2O6S. The van der Waals surface area contributed by atoms with E-state index in [9.17, 15) is 23.3 Å². The minimum absolute atomic E-state index is 0.0557. The molecular weight excluding hydrogens is 384 g/mol. The zero-order valence-electron chi connectivity index (χ0n) is 15.9. The van der Waals surface area contributed by atoms with E-state index >= 15 is 0 Å². The third-order valence-corrected chi connectivity index (χ3v) is 6.46. The van der Waals surface area contributed by atoms with Crippen LogP contribution in [0, 0.1) is 17.0 Å². The molecule has 2 rings (SSSR count).